The highest BCUT2D eigenvalue weighted by Gasteiger charge is 2.46. The van der Waals surface area contributed by atoms with Crippen molar-refractivity contribution < 1.29 is 49.1 Å². The van der Waals surface area contributed by atoms with Crippen molar-refractivity contribution in [2.75, 3.05) is 13.2 Å². The summed E-state index contributed by atoms with van der Waals surface area (Å²) in [5.41, 5.74) is -3.66. The summed E-state index contributed by atoms with van der Waals surface area (Å²) in [6.07, 6.45) is -0.0468. The van der Waals surface area contributed by atoms with Gasteiger partial charge in [0.2, 0.25) is 0 Å². The molecule has 0 atom stereocenters. The van der Waals surface area contributed by atoms with Gasteiger partial charge in [-0.15, -0.1) is 0 Å². The minimum Gasteiger partial charge on any atom is -0.550 e. The molecule has 0 heterocycles. The molecule has 38 heavy (non-hydrogen) atoms. The number of rotatable bonds is 15. The number of hydrogen-bond donors (Lipinski definition) is 2. The van der Waals surface area contributed by atoms with Gasteiger partial charge in [-0.2, -0.15) is 0 Å². The zero-order valence-corrected chi connectivity index (χ0v) is 25.0. The molecule has 12 heteroatoms. The molecule has 2 rings (SSSR count). The van der Waals surface area contributed by atoms with Crippen LogP contribution in [0.1, 0.15) is 77.8 Å². The molecule has 0 aromatic heterocycles. The molecule has 0 spiro atoms. The third-order valence-corrected chi connectivity index (χ3v) is 7.07. The van der Waals surface area contributed by atoms with Crippen molar-refractivity contribution >= 4 is 69.1 Å². The fourth-order valence-corrected chi connectivity index (χ4v) is 5.63. The van der Waals surface area contributed by atoms with Gasteiger partial charge in [0.05, 0.1) is 35.7 Å². The topological polar surface area (TPSA) is 173 Å². The molecule has 2 aromatic carbocycles. The van der Waals surface area contributed by atoms with Gasteiger partial charge in [-0.1, -0.05) is 12.8 Å². The summed E-state index contributed by atoms with van der Waals surface area (Å²) in [7, 11) is 0. The van der Waals surface area contributed by atoms with Crippen LogP contribution in [0.3, 0.4) is 0 Å². The molecular weight excluding hydrogens is 726 g/mol. The second kappa shape index (κ2) is 14.0. The third-order valence-electron chi connectivity index (χ3n) is 5.83. The Morgan fingerprint density at radius 3 is 1.58 bits per heavy atom. The summed E-state index contributed by atoms with van der Waals surface area (Å²) in [6.45, 7) is 3.42. The first-order valence-electron chi connectivity index (χ1n) is 11.7. The molecule has 0 saturated carbocycles. The molecule has 0 aliphatic carbocycles. The molecule has 2 aromatic rings. The zero-order valence-electron chi connectivity index (χ0n) is 20.7. The first-order valence-corrected chi connectivity index (χ1v) is 13.9. The first kappa shape index (κ1) is 31.6. The molecule has 10 nitrogen and oxygen atoms in total. The fraction of sp³-hybridized carbons (Fsp3) is 0.385. The van der Waals surface area contributed by atoms with E-state index in [9.17, 15) is 39.6 Å². The average molecular weight is 752 g/mol. The highest BCUT2D eigenvalue weighted by molar-refractivity contribution is 14.1. The lowest BCUT2D eigenvalue weighted by molar-refractivity contribution is -0.313. The van der Waals surface area contributed by atoms with E-state index in [1.807, 2.05) is 45.2 Å². The third kappa shape index (κ3) is 7.07. The zero-order chi connectivity index (χ0) is 28.6. The predicted octanol–water partition coefficient (Wildman–Crippen LogP) is 2.83. The number of carboxylic acids is 4. The highest BCUT2D eigenvalue weighted by Crippen LogP contribution is 2.49. The summed E-state index contributed by atoms with van der Waals surface area (Å²) in [5, 5.41) is 44.5. The SMILES string of the molecule is CCOc1cc(I)cc(C(=O)O)c1C(CCCCCC(=O)[O-])(C(=O)[O-])c1c(OCC)cc(I)cc1C(=O)O. The van der Waals surface area contributed by atoms with Crippen LogP contribution in [0.25, 0.3) is 0 Å². The van der Waals surface area contributed by atoms with Crippen molar-refractivity contribution in [3.05, 3.63) is 53.7 Å². The molecule has 0 aliphatic rings. The second-order valence-electron chi connectivity index (χ2n) is 8.25. The Balaban J connectivity index is 3.08. The van der Waals surface area contributed by atoms with Gasteiger partial charge in [-0.25, -0.2) is 9.59 Å². The van der Waals surface area contributed by atoms with Gasteiger partial charge < -0.3 is 39.5 Å². The van der Waals surface area contributed by atoms with Crippen molar-refractivity contribution in [1.29, 1.82) is 0 Å². The number of aromatic carboxylic acids is 2. The predicted molar refractivity (Wildman–Crippen MR) is 148 cm³/mol. The number of halogens is 2. The standard InChI is InChI=1S/C26H28I2O10/c1-3-37-18-12-14(27)10-16(23(31)32)21(18)26(25(35)36,9-7-5-6-8-20(29)30)22-17(24(33)34)11-15(28)13-19(22)38-4-2/h10-13H,3-9H2,1-2H3,(H,29,30)(H,31,32)(H,33,34)(H,35,36)/p-2. The van der Waals surface area contributed by atoms with Crippen LogP contribution in [-0.4, -0.2) is 47.3 Å². The van der Waals surface area contributed by atoms with E-state index < -0.39 is 40.4 Å². The van der Waals surface area contributed by atoms with E-state index in [4.69, 9.17) is 9.47 Å². The van der Waals surface area contributed by atoms with Gasteiger partial charge in [0, 0.05) is 24.2 Å². The Kier molecular flexibility index (Phi) is 11.6. The van der Waals surface area contributed by atoms with Gasteiger partial charge >= 0.3 is 11.9 Å². The lowest BCUT2D eigenvalue weighted by Crippen LogP contribution is -2.49. The largest absolute Gasteiger partial charge is 0.550 e. The Hall–Kier alpha value is -2.62. The number of ether oxygens (including phenoxy) is 2. The van der Waals surface area contributed by atoms with Crippen LogP contribution < -0.4 is 19.7 Å². The molecule has 0 bridgehead atoms. The van der Waals surface area contributed by atoms with Crippen LogP contribution in [0, 0.1) is 7.14 Å². The number of carboxylic acid groups (broad SMARTS) is 4. The van der Waals surface area contributed by atoms with E-state index in [2.05, 4.69) is 0 Å². The van der Waals surface area contributed by atoms with Crippen molar-refractivity contribution in [2.24, 2.45) is 0 Å². The van der Waals surface area contributed by atoms with Crippen LogP contribution in [0.5, 0.6) is 11.5 Å². The quantitative estimate of drug-likeness (QED) is 0.204. The van der Waals surface area contributed by atoms with Gasteiger partial charge in [0.25, 0.3) is 0 Å². The molecule has 0 radical (unpaired) electrons. The fourth-order valence-electron chi connectivity index (χ4n) is 4.44. The summed E-state index contributed by atoms with van der Waals surface area (Å²) in [5.74, 6) is -5.98. The van der Waals surface area contributed by atoms with Crippen LogP contribution in [0.15, 0.2) is 24.3 Å². The van der Waals surface area contributed by atoms with E-state index in [-0.39, 0.29) is 67.9 Å². The molecular formula is C26H26I2O10-2. The minimum absolute atomic E-state index is 0.0481. The Morgan fingerprint density at radius 1 is 0.789 bits per heavy atom. The number of unbranched alkanes of at least 4 members (excludes halogenated alkanes) is 2. The maximum atomic E-state index is 13.3. The molecule has 206 valence electrons. The monoisotopic (exact) mass is 752 g/mol. The van der Waals surface area contributed by atoms with E-state index in [0.717, 1.165) is 0 Å². The van der Waals surface area contributed by atoms with Crippen molar-refractivity contribution in [1.82, 2.24) is 0 Å². The summed E-state index contributed by atoms with van der Waals surface area (Å²) in [6, 6.07) is 5.52. The van der Waals surface area contributed by atoms with Gasteiger partial charge in [0.15, 0.2) is 0 Å². The van der Waals surface area contributed by atoms with Crippen LogP contribution >= 0.6 is 45.2 Å². The summed E-state index contributed by atoms with van der Waals surface area (Å²) in [4.78, 5) is 49.1. The maximum Gasteiger partial charge on any atom is 0.336 e. The van der Waals surface area contributed by atoms with Crippen LogP contribution in [-0.2, 0) is 15.0 Å². The van der Waals surface area contributed by atoms with E-state index in [1.165, 1.54) is 24.3 Å². The number of hydrogen-bond acceptors (Lipinski definition) is 8. The highest BCUT2D eigenvalue weighted by atomic mass is 127. The molecule has 0 aliphatic heterocycles. The molecule has 0 saturated heterocycles. The van der Waals surface area contributed by atoms with Crippen molar-refractivity contribution in [3.8, 4) is 11.5 Å². The second-order valence-corrected chi connectivity index (χ2v) is 10.7. The van der Waals surface area contributed by atoms with E-state index in [1.54, 1.807) is 13.8 Å². The van der Waals surface area contributed by atoms with Crippen molar-refractivity contribution in [2.45, 2.75) is 51.4 Å². The minimum atomic E-state index is -2.34. The number of aliphatic carboxylic acids is 2. The average Bonchev–Trinajstić information content (AvgIpc) is 2.81. The number of benzene rings is 2. The lowest BCUT2D eigenvalue weighted by atomic mass is 9.67. The molecule has 0 fully saturated rings. The Bertz CT molecular complexity index is 1150. The lowest BCUT2D eigenvalue weighted by Gasteiger charge is -2.40. The normalized spacial score (nSPS) is 11.2. The Morgan fingerprint density at radius 2 is 1.24 bits per heavy atom. The summed E-state index contributed by atoms with van der Waals surface area (Å²) >= 11 is 3.76. The maximum absolute atomic E-state index is 13.3. The van der Waals surface area contributed by atoms with Crippen LogP contribution in [0.4, 0.5) is 0 Å². The van der Waals surface area contributed by atoms with Gasteiger partial charge in [-0.05, 0) is 103 Å². The first-order chi connectivity index (χ1) is 17.9. The number of carbonyl (C=O) groups excluding carboxylic acids is 2. The van der Waals surface area contributed by atoms with Crippen LogP contribution in [0.2, 0.25) is 0 Å². The van der Waals surface area contributed by atoms with E-state index in [0.29, 0.717) is 7.14 Å². The summed E-state index contributed by atoms with van der Waals surface area (Å²) < 4.78 is 12.4. The smallest absolute Gasteiger partial charge is 0.336 e. The Labute approximate surface area is 246 Å². The van der Waals surface area contributed by atoms with Gasteiger partial charge in [-0.3, -0.25) is 0 Å². The van der Waals surface area contributed by atoms with E-state index >= 15 is 0 Å². The molecule has 0 unspecified atom stereocenters. The van der Waals surface area contributed by atoms with Crippen molar-refractivity contribution in [3.63, 3.8) is 0 Å². The molecule has 0 amide bonds. The number of carbonyl (C=O) groups is 4. The van der Waals surface area contributed by atoms with Gasteiger partial charge in [0.1, 0.15) is 11.5 Å². The molecule has 2 N–H and O–H groups in total.